The molecule has 1 aromatic heterocycles. The molecule has 0 aliphatic heterocycles. The van der Waals surface area contributed by atoms with E-state index in [1.54, 1.807) is 25.4 Å². The molecule has 28 heavy (non-hydrogen) atoms. The standard InChI is InChI=1S/C24H30N2O2/c1-25-24(27)21-11-13-23(26-16-21)28-22-12-10-19-8-6-18(7-9-20(19)15-22)14-17-4-2-3-5-17/h10-13,15-18H,2-9,14H2,1H3,(H,25,27). The zero-order valence-corrected chi connectivity index (χ0v) is 16.7. The van der Waals surface area contributed by atoms with Crippen molar-refractivity contribution >= 4 is 5.91 Å². The summed E-state index contributed by atoms with van der Waals surface area (Å²) in [7, 11) is 1.61. The van der Waals surface area contributed by atoms with Gasteiger partial charge in [-0.2, -0.15) is 0 Å². The number of benzene rings is 1. The zero-order valence-electron chi connectivity index (χ0n) is 16.7. The molecule has 1 N–H and O–H groups in total. The molecule has 1 unspecified atom stereocenters. The van der Waals surface area contributed by atoms with Crippen molar-refractivity contribution in [3.8, 4) is 11.6 Å². The third kappa shape index (κ3) is 4.54. The van der Waals surface area contributed by atoms with Crippen molar-refractivity contribution in [1.82, 2.24) is 10.3 Å². The van der Waals surface area contributed by atoms with Crippen molar-refractivity contribution in [2.75, 3.05) is 7.05 Å². The highest BCUT2D eigenvalue weighted by molar-refractivity contribution is 5.93. The van der Waals surface area contributed by atoms with Gasteiger partial charge in [0, 0.05) is 19.3 Å². The molecule has 0 saturated heterocycles. The van der Waals surface area contributed by atoms with Gasteiger partial charge in [-0.1, -0.05) is 31.7 Å². The molecule has 1 fully saturated rings. The Balaban J connectivity index is 1.39. The van der Waals surface area contributed by atoms with Gasteiger partial charge in [-0.05, 0) is 73.3 Å². The smallest absolute Gasteiger partial charge is 0.252 e. The molecule has 0 spiro atoms. The number of hydrogen-bond acceptors (Lipinski definition) is 3. The minimum absolute atomic E-state index is 0.142. The lowest BCUT2D eigenvalue weighted by atomic mass is 9.88. The summed E-state index contributed by atoms with van der Waals surface area (Å²) in [5, 5.41) is 2.60. The predicted molar refractivity (Wildman–Crippen MR) is 111 cm³/mol. The van der Waals surface area contributed by atoms with Crippen LogP contribution in [0.1, 0.15) is 66.4 Å². The maximum atomic E-state index is 11.6. The Morgan fingerprint density at radius 3 is 2.50 bits per heavy atom. The SMILES string of the molecule is CNC(=O)c1ccc(Oc2ccc3c(c2)CCC(CC2CCCC2)CC3)nc1. The first kappa shape index (κ1) is 19.0. The third-order valence-corrected chi connectivity index (χ3v) is 6.41. The summed E-state index contributed by atoms with van der Waals surface area (Å²) in [5.74, 6) is 3.05. The Morgan fingerprint density at radius 2 is 1.79 bits per heavy atom. The number of aryl methyl sites for hydroxylation is 2. The molecule has 1 aromatic carbocycles. The second kappa shape index (κ2) is 8.76. The van der Waals surface area contributed by atoms with Gasteiger partial charge in [-0.3, -0.25) is 4.79 Å². The van der Waals surface area contributed by atoms with Gasteiger partial charge in [0.05, 0.1) is 5.56 Å². The first-order valence-electron chi connectivity index (χ1n) is 10.7. The highest BCUT2D eigenvalue weighted by Gasteiger charge is 2.22. The number of aromatic nitrogens is 1. The molecular weight excluding hydrogens is 348 g/mol. The molecule has 4 rings (SSSR count). The van der Waals surface area contributed by atoms with Gasteiger partial charge in [0.15, 0.2) is 0 Å². The Labute approximate surface area is 167 Å². The minimum atomic E-state index is -0.142. The van der Waals surface area contributed by atoms with E-state index >= 15 is 0 Å². The number of fused-ring (bicyclic) bond motifs is 1. The van der Waals surface area contributed by atoms with Crippen molar-refractivity contribution in [2.24, 2.45) is 11.8 Å². The second-order valence-electron chi connectivity index (χ2n) is 8.33. The molecule has 148 valence electrons. The Bertz CT molecular complexity index is 810. The van der Waals surface area contributed by atoms with Crippen LogP contribution in [0.3, 0.4) is 0 Å². The van der Waals surface area contributed by atoms with Gasteiger partial charge in [0.25, 0.3) is 5.91 Å². The van der Waals surface area contributed by atoms with Crippen LogP contribution >= 0.6 is 0 Å². The summed E-state index contributed by atoms with van der Waals surface area (Å²) in [6, 6.07) is 9.93. The fourth-order valence-corrected chi connectivity index (χ4v) is 4.80. The summed E-state index contributed by atoms with van der Waals surface area (Å²) in [6.07, 6.45) is 13.7. The van der Waals surface area contributed by atoms with E-state index in [4.69, 9.17) is 4.74 Å². The molecule has 0 radical (unpaired) electrons. The van der Waals surface area contributed by atoms with Gasteiger partial charge in [0.2, 0.25) is 5.88 Å². The topological polar surface area (TPSA) is 51.2 Å². The first-order valence-corrected chi connectivity index (χ1v) is 10.7. The lowest BCUT2D eigenvalue weighted by Crippen LogP contribution is -2.17. The molecule has 4 nitrogen and oxygen atoms in total. The molecule has 2 aliphatic carbocycles. The number of pyridine rings is 1. The van der Waals surface area contributed by atoms with E-state index in [9.17, 15) is 4.79 Å². The number of ether oxygens (including phenoxy) is 1. The molecule has 1 atom stereocenters. The fraction of sp³-hybridized carbons (Fsp3) is 0.500. The van der Waals surface area contributed by atoms with Crippen LogP contribution in [-0.2, 0) is 12.8 Å². The van der Waals surface area contributed by atoms with E-state index in [0.717, 1.165) is 24.0 Å². The molecular formula is C24H30N2O2. The molecule has 4 heteroatoms. The van der Waals surface area contributed by atoms with Gasteiger partial charge in [-0.25, -0.2) is 4.98 Å². The molecule has 0 bridgehead atoms. The third-order valence-electron chi connectivity index (χ3n) is 6.41. The number of nitrogens with one attached hydrogen (secondary N) is 1. The van der Waals surface area contributed by atoms with Crippen LogP contribution in [0.15, 0.2) is 36.5 Å². The Hall–Kier alpha value is -2.36. The molecule has 1 heterocycles. The highest BCUT2D eigenvalue weighted by atomic mass is 16.5. The van der Waals surface area contributed by atoms with Gasteiger partial charge < -0.3 is 10.1 Å². The van der Waals surface area contributed by atoms with Crippen molar-refractivity contribution < 1.29 is 9.53 Å². The Kier molecular flexibility index (Phi) is 5.94. The number of nitrogens with zero attached hydrogens (tertiary/aromatic N) is 1. The molecule has 1 saturated carbocycles. The number of hydrogen-bond donors (Lipinski definition) is 1. The van der Waals surface area contributed by atoms with Crippen LogP contribution in [0, 0.1) is 11.8 Å². The quantitative estimate of drug-likeness (QED) is 0.718. The summed E-state index contributed by atoms with van der Waals surface area (Å²) in [4.78, 5) is 15.9. The number of carbonyl (C=O) groups excluding carboxylic acids is 1. The van der Waals surface area contributed by atoms with Crippen molar-refractivity contribution in [3.63, 3.8) is 0 Å². The highest BCUT2D eigenvalue weighted by Crippen LogP contribution is 2.36. The summed E-state index contributed by atoms with van der Waals surface area (Å²) >= 11 is 0. The maximum absolute atomic E-state index is 11.6. The normalized spacial score (nSPS) is 19.7. The van der Waals surface area contributed by atoms with Crippen LogP contribution < -0.4 is 10.1 Å². The average Bonchev–Trinajstić information content (AvgIpc) is 3.15. The number of carbonyl (C=O) groups is 1. The average molecular weight is 379 g/mol. The van der Waals surface area contributed by atoms with E-state index in [-0.39, 0.29) is 5.91 Å². The monoisotopic (exact) mass is 378 g/mol. The summed E-state index contributed by atoms with van der Waals surface area (Å²) in [6.45, 7) is 0. The maximum Gasteiger partial charge on any atom is 0.252 e. The lowest BCUT2D eigenvalue weighted by Gasteiger charge is -2.18. The van der Waals surface area contributed by atoms with Crippen LogP contribution in [-0.4, -0.2) is 17.9 Å². The molecule has 2 aromatic rings. The number of amides is 1. The van der Waals surface area contributed by atoms with E-state index in [0.29, 0.717) is 11.4 Å². The largest absolute Gasteiger partial charge is 0.439 e. The van der Waals surface area contributed by atoms with Crippen LogP contribution in [0.5, 0.6) is 11.6 Å². The van der Waals surface area contributed by atoms with Crippen LogP contribution in [0.2, 0.25) is 0 Å². The van der Waals surface area contributed by atoms with E-state index in [2.05, 4.69) is 22.4 Å². The van der Waals surface area contributed by atoms with E-state index in [1.165, 1.54) is 62.5 Å². The van der Waals surface area contributed by atoms with E-state index in [1.807, 2.05) is 6.07 Å². The van der Waals surface area contributed by atoms with Gasteiger partial charge in [-0.15, -0.1) is 0 Å². The molecule has 2 aliphatic rings. The van der Waals surface area contributed by atoms with Crippen molar-refractivity contribution in [1.29, 1.82) is 0 Å². The fourth-order valence-electron chi connectivity index (χ4n) is 4.80. The number of rotatable bonds is 5. The van der Waals surface area contributed by atoms with Crippen molar-refractivity contribution in [3.05, 3.63) is 53.2 Å². The second-order valence-corrected chi connectivity index (χ2v) is 8.33. The van der Waals surface area contributed by atoms with Crippen LogP contribution in [0.25, 0.3) is 0 Å². The zero-order chi connectivity index (χ0) is 19.3. The molecule has 1 amide bonds. The minimum Gasteiger partial charge on any atom is -0.439 e. The van der Waals surface area contributed by atoms with E-state index < -0.39 is 0 Å². The predicted octanol–water partition coefficient (Wildman–Crippen LogP) is 5.31. The lowest BCUT2D eigenvalue weighted by molar-refractivity contribution is 0.0962. The van der Waals surface area contributed by atoms with Crippen LogP contribution in [0.4, 0.5) is 0 Å². The van der Waals surface area contributed by atoms with Crippen molar-refractivity contribution in [2.45, 2.75) is 57.8 Å². The van der Waals surface area contributed by atoms with Gasteiger partial charge >= 0.3 is 0 Å². The summed E-state index contributed by atoms with van der Waals surface area (Å²) in [5.41, 5.74) is 3.43. The van der Waals surface area contributed by atoms with Gasteiger partial charge in [0.1, 0.15) is 5.75 Å². The Morgan fingerprint density at radius 1 is 1.04 bits per heavy atom. The summed E-state index contributed by atoms with van der Waals surface area (Å²) < 4.78 is 5.95. The first-order chi connectivity index (χ1) is 13.7.